The molecule has 0 atom stereocenters. The number of ether oxygens (including phenoxy) is 3. The van der Waals surface area contributed by atoms with Crippen LogP contribution in [0.2, 0.25) is 0 Å². The Bertz CT molecular complexity index is 946. The third-order valence-electron chi connectivity index (χ3n) is 5.04. The summed E-state index contributed by atoms with van der Waals surface area (Å²) in [4.78, 5) is 30.2. The van der Waals surface area contributed by atoms with Crippen molar-refractivity contribution in [3.8, 4) is 5.75 Å². The molecule has 0 unspecified atom stereocenters. The number of benzene rings is 2. The molecule has 0 N–H and O–H groups in total. The first kappa shape index (κ1) is 23.5. The minimum Gasteiger partial charge on any atom is -0.491 e. The molecule has 2 aromatic carbocycles. The first-order chi connectivity index (χ1) is 15.5. The number of hydrogen-bond acceptors (Lipinski definition) is 6. The molecular formula is C25H30N2O5. The van der Waals surface area contributed by atoms with Crippen LogP contribution in [-0.2, 0) is 19.1 Å². The summed E-state index contributed by atoms with van der Waals surface area (Å²) in [6.07, 6.45) is 0.0393. The standard InChI is InChI=1S/C25H30N2O5/c1-18(2)32-21-12-10-19(11-13-21)22-23(26(14-16-30-3)15-17-31-4)25(29)27(24(22)28)20-8-6-5-7-9-20/h5-13,18H,14-17H2,1-4H3. The molecule has 0 saturated carbocycles. The van der Waals surface area contributed by atoms with Crippen LogP contribution in [0.15, 0.2) is 60.3 Å². The third kappa shape index (κ3) is 5.18. The molecule has 7 heteroatoms. The summed E-state index contributed by atoms with van der Waals surface area (Å²) in [5.41, 5.74) is 1.91. The topological polar surface area (TPSA) is 68.3 Å². The lowest BCUT2D eigenvalue weighted by Crippen LogP contribution is -2.37. The highest BCUT2D eigenvalue weighted by Crippen LogP contribution is 2.35. The van der Waals surface area contributed by atoms with Crippen molar-refractivity contribution in [2.75, 3.05) is 45.4 Å². The van der Waals surface area contributed by atoms with E-state index in [2.05, 4.69) is 0 Å². The van der Waals surface area contributed by atoms with Gasteiger partial charge in [0.1, 0.15) is 11.4 Å². The Labute approximate surface area is 189 Å². The first-order valence-corrected chi connectivity index (χ1v) is 10.7. The molecule has 1 aliphatic heterocycles. The maximum Gasteiger partial charge on any atom is 0.282 e. The molecule has 2 amide bonds. The lowest BCUT2D eigenvalue weighted by molar-refractivity contribution is -0.120. The predicted octanol–water partition coefficient (Wildman–Crippen LogP) is 3.35. The van der Waals surface area contributed by atoms with E-state index in [1.807, 2.05) is 49.1 Å². The molecule has 0 spiro atoms. The van der Waals surface area contributed by atoms with E-state index in [9.17, 15) is 9.59 Å². The molecule has 0 aromatic heterocycles. The van der Waals surface area contributed by atoms with Gasteiger partial charge in [0.2, 0.25) is 0 Å². The van der Waals surface area contributed by atoms with Crippen LogP contribution in [0.4, 0.5) is 5.69 Å². The summed E-state index contributed by atoms with van der Waals surface area (Å²) in [6, 6.07) is 16.2. The van der Waals surface area contributed by atoms with Crippen molar-refractivity contribution >= 4 is 23.1 Å². The van der Waals surface area contributed by atoms with Gasteiger partial charge in [-0.3, -0.25) is 9.59 Å². The van der Waals surface area contributed by atoms with E-state index in [1.54, 1.807) is 38.5 Å². The Balaban J connectivity index is 2.08. The third-order valence-corrected chi connectivity index (χ3v) is 5.04. The van der Waals surface area contributed by atoms with Crippen molar-refractivity contribution < 1.29 is 23.8 Å². The Morgan fingerprint density at radius 1 is 0.844 bits per heavy atom. The van der Waals surface area contributed by atoms with E-state index in [-0.39, 0.29) is 17.9 Å². The van der Waals surface area contributed by atoms with E-state index < -0.39 is 0 Å². The van der Waals surface area contributed by atoms with Gasteiger partial charge >= 0.3 is 0 Å². The number of imide groups is 1. The normalized spacial score (nSPS) is 14.0. The van der Waals surface area contributed by atoms with Crippen LogP contribution in [-0.4, -0.2) is 63.3 Å². The van der Waals surface area contributed by atoms with Gasteiger partial charge in [0.25, 0.3) is 11.8 Å². The van der Waals surface area contributed by atoms with Gasteiger partial charge in [-0.05, 0) is 43.7 Å². The molecule has 170 valence electrons. The van der Waals surface area contributed by atoms with Crippen molar-refractivity contribution in [1.29, 1.82) is 0 Å². The van der Waals surface area contributed by atoms with Gasteiger partial charge in [-0.2, -0.15) is 0 Å². The number of nitrogens with zero attached hydrogens (tertiary/aromatic N) is 2. The fraction of sp³-hybridized carbons (Fsp3) is 0.360. The molecule has 7 nitrogen and oxygen atoms in total. The van der Waals surface area contributed by atoms with E-state index in [0.717, 1.165) is 0 Å². The SMILES string of the molecule is COCCN(CCOC)C1=C(c2ccc(OC(C)C)cc2)C(=O)N(c2ccccc2)C1=O. The maximum absolute atomic E-state index is 13.6. The first-order valence-electron chi connectivity index (χ1n) is 10.7. The number of carbonyl (C=O) groups excluding carboxylic acids is 2. The van der Waals surface area contributed by atoms with Crippen LogP contribution in [0.5, 0.6) is 5.75 Å². The highest BCUT2D eigenvalue weighted by Gasteiger charge is 2.42. The molecular weight excluding hydrogens is 408 g/mol. The zero-order chi connectivity index (χ0) is 23.1. The van der Waals surface area contributed by atoms with Gasteiger partial charge in [-0.15, -0.1) is 0 Å². The average Bonchev–Trinajstić information content (AvgIpc) is 3.04. The average molecular weight is 439 g/mol. The molecule has 2 aromatic rings. The lowest BCUT2D eigenvalue weighted by atomic mass is 10.0. The van der Waals surface area contributed by atoms with Crippen LogP contribution in [0.1, 0.15) is 19.4 Å². The summed E-state index contributed by atoms with van der Waals surface area (Å²) >= 11 is 0. The second kappa shape index (κ2) is 10.9. The summed E-state index contributed by atoms with van der Waals surface area (Å²) in [7, 11) is 3.21. The quantitative estimate of drug-likeness (QED) is 0.501. The van der Waals surface area contributed by atoms with E-state index in [0.29, 0.717) is 54.6 Å². The van der Waals surface area contributed by atoms with Gasteiger partial charge < -0.3 is 19.1 Å². The zero-order valence-corrected chi connectivity index (χ0v) is 19.0. The van der Waals surface area contributed by atoms with Gasteiger partial charge in [0.05, 0.1) is 30.6 Å². The van der Waals surface area contributed by atoms with Gasteiger partial charge in [0.15, 0.2) is 0 Å². The number of para-hydroxylation sites is 1. The van der Waals surface area contributed by atoms with Crippen molar-refractivity contribution in [3.63, 3.8) is 0 Å². The van der Waals surface area contributed by atoms with Crippen molar-refractivity contribution in [3.05, 3.63) is 65.9 Å². The maximum atomic E-state index is 13.6. The molecule has 0 saturated heterocycles. The summed E-state index contributed by atoms with van der Waals surface area (Å²) in [6.45, 7) is 5.64. The summed E-state index contributed by atoms with van der Waals surface area (Å²) in [5, 5.41) is 0. The van der Waals surface area contributed by atoms with Crippen LogP contribution in [0.25, 0.3) is 5.57 Å². The minimum absolute atomic E-state index is 0.0393. The van der Waals surface area contributed by atoms with E-state index in [1.165, 1.54) is 4.90 Å². The second-order valence-corrected chi connectivity index (χ2v) is 7.67. The fourth-order valence-corrected chi connectivity index (χ4v) is 3.59. The van der Waals surface area contributed by atoms with Crippen molar-refractivity contribution in [2.45, 2.75) is 20.0 Å². The van der Waals surface area contributed by atoms with Gasteiger partial charge in [-0.1, -0.05) is 30.3 Å². The Hall–Kier alpha value is -3.16. The molecule has 3 rings (SSSR count). The monoisotopic (exact) mass is 438 g/mol. The van der Waals surface area contributed by atoms with Crippen molar-refractivity contribution in [2.24, 2.45) is 0 Å². The fourth-order valence-electron chi connectivity index (χ4n) is 3.59. The van der Waals surface area contributed by atoms with Crippen molar-refractivity contribution in [1.82, 2.24) is 4.90 Å². The number of carbonyl (C=O) groups is 2. The summed E-state index contributed by atoms with van der Waals surface area (Å²) < 4.78 is 16.2. The number of anilines is 1. The smallest absolute Gasteiger partial charge is 0.282 e. The highest BCUT2D eigenvalue weighted by atomic mass is 16.5. The Morgan fingerprint density at radius 2 is 1.44 bits per heavy atom. The van der Waals surface area contributed by atoms with E-state index in [4.69, 9.17) is 14.2 Å². The number of hydrogen-bond donors (Lipinski definition) is 0. The number of methoxy groups -OCH3 is 2. The predicted molar refractivity (Wildman–Crippen MR) is 123 cm³/mol. The molecule has 1 aliphatic rings. The van der Waals surface area contributed by atoms with Crippen LogP contribution < -0.4 is 9.64 Å². The molecule has 0 aliphatic carbocycles. The molecule has 32 heavy (non-hydrogen) atoms. The molecule has 0 fully saturated rings. The minimum atomic E-state index is -0.356. The zero-order valence-electron chi connectivity index (χ0n) is 19.0. The van der Waals surface area contributed by atoms with Crippen LogP contribution in [0, 0.1) is 0 Å². The number of rotatable bonds is 11. The second-order valence-electron chi connectivity index (χ2n) is 7.67. The molecule has 0 bridgehead atoms. The molecule has 0 radical (unpaired) electrons. The highest BCUT2D eigenvalue weighted by molar-refractivity contribution is 6.45. The van der Waals surface area contributed by atoms with Gasteiger partial charge in [-0.25, -0.2) is 4.90 Å². The van der Waals surface area contributed by atoms with Gasteiger partial charge in [0, 0.05) is 27.3 Å². The lowest BCUT2D eigenvalue weighted by Gasteiger charge is -2.25. The van der Waals surface area contributed by atoms with Crippen LogP contribution in [0.3, 0.4) is 0 Å². The van der Waals surface area contributed by atoms with Crippen LogP contribution >= 0.6 is 0 Å². The number of amides is 2. The molecule has 1 heterocycles. The Morgan fingerprint density at radius 3 is 1.97 bits per heavy atom. The Kier molecular flexibility index (Phi) is 8.03. The summed E-state index contributed by atoms with van der Waals surface area (Å²) in [5.74, 6) is -0.00214. The van der Waals surface area contributed by atoms with E-state index >= 15 is 0 Å². The largest absolute Gasteiger partial charge is 0.491 e.